The number of para-hydroxylation sites is 1. The second-order valence-electron chi connectivity index (χ2n) is 5.25. The van der Waals surface area contributed by atoms with Crippen molar-refractivity contribution in [3.63, 3.8) is 0 Å². The fraction of sp³-hybridized carbons (Fsp3) is 0.176. The highest BCUT2D eigenvalue weighted by molar-refractivity contribution is 5.94. The number of nitrogens with two attached hydrogens (primary N) is 1. The molecular weight excluding hydrogens is 266 g/mol. The Bertz CT molecular complexity index is 938. The number of aryl methyl sites for hydroxylation is 2. The molecule has 0 bridgehead atoms. The first-order chi connectivity index (χ1) is 9.99. The minimum atomic E-state index is -0.453. The van der Waals surface area contributed by atoms with Gasteiger partial charge in [-0.1, -0.05) is 18.2 Å². The summed E-state index contributed by atoms with van der Waals surface area (Å²) in [6, 6.07) is 8.90. The van der Waals surface area contributed by atoms with E-state index in [2.05, 4.69) is 0 Å². The van der Waals surface area contributed by atoms with Gasteiger partial charge < -0.3 is 10.2 Å². The summed E-state index contributed by atoms with van der Waals surface area (Å²) in [6.45, 7) is 3.89. The number of hydrogen-bond acceptors (Lipinski definition) is 3. The van der Waals surface area contributed by atoms with Crippen LogP contribution in [0.5, 0.6) is 0 Å². The number of rotatable bonds is 2. The van der Waals surface area contributed by atoms with Crippen molar-refractivity contribution in [2.45, 2.75) is 20.3 Å². The Balaban J connectivity index is 2.49. The van der Waals surface area contributed by atoms with Crippen molar-refractivity contribution in [3.8, 4) is 0 Å². The standard InChI is InChI=1S/C17H15NO3/c1-9-6-7-13-15(20)12-5-3-4-11(8-14(18)19)17(12)21-16(13)10(9)2/h3-7H,8H2,1-2H3,(H2,18,19). The first kappa shape index (κ1) is 13.4. The van der Waals surface area contributed by atoms with Gasteiger partial charge >= 0.3 is 0 Å². The Hall–Kier alpha value is -2.62. The van der Waals surface area contributed by atoms with Crippen molar-refractivity contribution in [2.75, 3.05) is 0 Å². The molecule has 3 aromatic rings. The topological polar surface area (TPSA) is 73.3 Å². The van der Waals surface area contributed by atoms with Crippen LogP contribution in [0.1, 0.15) is 16.7 Å². The van der Waals surface area contributed by atoms with E-state index in [1.807, 2.05) is 19.9 Å². The Labute approximate surface area is 121 Å². The number of fused-ring (bicyclic) bond motifs is 2. The fourth-order valence-corrected chi connectivity index (χ4v) is 2.56. The maximum atomic E-state index is 12.6. The van der Waals surface area contributed by atoms with Gasteiger partial charge in [-0.2, -0.15) is 0 Å². The minimum Gasteiger partial charge on any atom is -0.455 e. The summed E-state index contributed by atoms with van der Waals surface area (Å²) in [5.74, 6) is -0.453. The molecule has 1 heterocycles. The van der Waals surface area contributed by atoms with Crippen molar-refractivity contribution in [3.05, 3.63) is 57.2 Å². The van der Waals surface area contributed by atoms with Gasteiger partial charge in [-0.15, -0.1) is 0 Å². The van der Waals surface area contributed by atoms with Gasteiger partial charge in [0.05, 0.1) is 17.2 Å². The lowest BCUT2D eigenvalue weighted by molar-refractivity contribution is -0.117. The van der Waals surface area contributed by atoms with E-state index in [-0.39, 0.29) is 11.8 Å². The summed E-state index contributed by atoms with van der Waals surface area (Å²) >= 11 is 0. The van der Waals surface area contributed by atoms with E-state index >= 15 is 0 Å². The highest BCUT2D eigenvalue weighted by Crippen LogP contribution is 2.25. The Morgan fingerprint density at radius 3 is 2.52 bits per heavy atom. The average Bonchev–Trinajstić information content (AvgIpc) is 2.44. The number of carbonyl (C=O) groups excluding carboxylic acids is 1. The molecule has 4 heteroatoms. The van der Waals surface area contributed by atoms with E-state index in [1.165, 1.54) is 0 Å². The zero-order chi connectivity index (χ0) is 15.1. The quantitative estimate of drug-likeness (QED) is 0.734. The van der Waals surface area contributed by atoms with Crippen molar-refractivity contribution in [1.29, 1.82) is 0 Å². The second kappa shape index (κ2) is 4.74. The molecule has 0 aliphatic rings. The molecule has 1 amide bonds. The summed E-state index contributed by atoms with van der Waals surface area (Å²) in [7, 11) is 0. The largest absolute Gasteiger partial charge is 0.455 e. The van der Waals surface area contributed by atoms with E-state index in [9.17, 15) is 9.59 Å². The summed E-state index contributed by atoms with van der Waals surface area (Å²) < 4.78 is 5.96. The van der Waals surface area contributed by atoms with Gasteiger partial charge in [0.15, 0.2) is 0 Å². The van der Waals surface area contributed by atoms with Gasteiger partial charge in [0.1, 0.15) is 11.2 Å². The molecule has 0 saturated carbocycles. The van der Waals surface area contributed by atoms with Gasteiger partial charge in [-0.3, -0.25) is 9.59 Å². The maximum absolute atomic E-state index is 12.6. The van der Waals surface area contributed by atoms with E-state index in [0.29, 0.717) is 27.5 Å². The van der Waals surface area contributed by atoms with Crippen LogP contribution in [0.15, 0.2) is 39.5 Å². The second-order valence-corrected chi connectivity index (χ2v) is 5.25. The normalized spacial score (nSPS) is 11.1. The molecule has 0 unspecified atom stereocenters. The first-order valence-electron chi connectivity index (χ1n) is 6.72. The zero-order valence-electron chi connectivity index (χ0n) is 11.9. The third-order valence-corrected chi connectivity index (χ3v) is 3.83. The molecule has 106 valence electrons. The SMILES string of the molecule is Cc1ccc2c(=O)c3cccc(CC(N)=O)c3oc2c1C. The van der Waals surface area contributed by atoms with E-state index in [0.717, 1.165) is 11.1 Å². The number of benzene rings is 2. The average molecular weight is 281 g/mol. The molecule has 0 aliphatic carbocycles. The Kier molecular flexibility index (Phi) is 3.01. The number of amides is 1. The summed E-state index contributed by atoms with van der Waals surface area (Å²) in [5, 5.41) is 1.03. The molecular formula is C17H15NO3. The molecule has 3 rings (SSSR count). The lowest BCUT2D eigenvalue weighted by atomic mass is 10.0. The third kappa shape index (κ3) is 2.09. The molecule has 4 nitrogen and oxygen atoms in total. The van der Waals surface area contributed by atoms with Gasteiger partial charge in [0.2, 0.25) is 11.3 Å². The van der Waals surface area contributed by atoms with E-state index < -0.39 is 5.91 Å². The molecule has 0 fully saturated rings. The van der Waals surface area contributed by atoms with Crippen LogP contribution < -0.4 is 11.2 Å². The van der Waals surface area contributed by atoms with Crippen molar-refractivity contribution in [1.82, 2.24) is 0 Å². The molecule has 1 aromatic heterocycles. The molecule has 0 radical (unpaired) electrons. The van der Waals surface area contributed by atoms with Crippen LogP contribution >= 0.6 is 0 Å². The molecule has 0 aliphatic heterocycles. The Morgan fingerprint density at radius 1 is 1.10 bits per heavy atom. The molecule has 21 heavy (non-hydrogen) atoms. The van der Waals surface area contributed by atoms with E-state index in [4.69, 9.17) is 10.2 Å². The molecule has 0 spiro atoms. The van der Waals surface area contributed by atoms with Crippen LogP contribution in [0.2, 0.25) is 0 Å². The molecule has 0 atom stereocenters. The minimum absolute atomic E-state index is 0.0522. The van der Waals surface area contributed by atoms with Gasteiger partial charge in [-0.05, 0) is 37.1 Å². The predicted molar refractivity (Wildman–Crippen MR) is 82.4 cm³/mol. The highest BCUT2D eigenvalue weighted by atomic mass is 16.3. The fourth-order valence-electron chi connectivity index (χ4n) is 2.56. The highest BCUT2D eigenvalue weighted by Gasteiger charge is 2.14. The van der Waals surface area contributed by atoms with E-state index in [1.54, 1.807) is 24.3 Å². The molecule has 0 saturated heterocycles. The smallest absolute Gasteiger partial charge is 0.221 e. The molecule has 2 aromatic carbocycles. The monoisotopic (exact) mass is 281 g/mol. The van der Waals surface area contributed by atoms with Crippen LogP contribution in [0, 0.1) is 13.8 Å². The molecule has 2 N–H and O–H groups in total. The predicted octanol–water partition coefficient (Wildman–Crippen LogP) is 2.59. The third-order valence-electron chi connectivity index (χ3n) is 3.83. The lowest BCUT2D eigenvalue weighted by Crippen LogP contribution is -2.14. The van der Waals surface area contributed by atoms with Crippen molar-refractivity contribution in [2.24, 2.45) is 5.73 Å². The lowest BCUT2D eigenvalue weighted by Gasteiger charge is -2.08. The summed E-state index contributed by atoms with van der Waals surface area (Å²) in [4.78, 5) is 23.8. The van der Waals surface area contributed by atoms with Crippen LogP contribution in [0.3, 0.4) is 0 Å². The van der Waals surface area contributed by atoms with Gasteiger partial charge in [0, 0.05) is 5.56 Å². The Morgan fingerprint density at radius 2 is 1.81 bits per heavy atom. The van der Waals surface area contributed by atoms with Gasteiger partial charge in [-0.25, -0.2) is 0 Å². The van der Waals surface area contributed by atoms with Crippen LogP contribution in [-0.4, -0.2) is 5.91 Å². The van der Waals surface area contributed by atoms with Gasteiger partial charge in [0.25, 0.3) is 0 Å². The summed E-state index contributed by atoms with van der Waals surface area (Å²) in [6.07, 6.45) is 0.0522. The van der Waals surface area contributed by atoms with Crippen LogP contribution in [0.4, 0.5) is 0 Å². The first-order valence-corrected chi connectivity index (χ1v) is 6.72. The maximum Gasteiger partial charge on any atom is 0.221 e. The number of hydrogen-bond donors (Lipinski definition) is 1. The van der Waals surface area contributed by atoms with Crippen LogP contribution in [0.25, 0.3) is 21.9 Å². The number of carbonyl (C=O) groups is 1. The van der Waals surface area contributed by atoms with Crippen molar-refractivity contribution >= 4 is 27.8 Å². The van der Waals surface area contributed by atoms with Crippen LogP contribution in [-0.2, 0) is 11.2 Å². The van der Waals surface area contributed by atoms with Crippen molar-refractivity contribution < 1.29 is 9.21 Å². The summed E-state index contributed by atoms with van der Waals surface area (Å²) in [5.41, 5.74) is 8.82. The zero-order valence-corrected chi connectivity index (χ0v) is 11.9. The number of primary amides is 1.